The zero-order valence-electron chi connectivity index (χ0n) is 13.5. The van der Waals surface area contributed by atoms with E-state index >= 15 is 0 Å². The highest BCUT2D eigenvalue weighted by molar-refractivity contribution is 5.84. The van der Waals surface area contributed by atoms with Crippen molar-refractivity contribution in [3.63, 3.8) is 0 Å². The van der Waals surface area contributed by atoms with Crippen LogP contribution in [-0.2, 0) is 11.2 Å². The Labute approximate surface area is 137 Å². The second-order valence-electron chi connectivity index (χ2n) is 5.08. The van der Waals surface area contributed by atoms with Crippen molar-refractivity contribution >= 4 is 6.29 Å². The molecule has 0 radical (unpaired) electrons. The molecule has 0 fully saturated rings. The van der Waals surface area contributed by atoms with E-state index in [4.69, 9.17) is 9.47 Å². The van der Waals surface area contributed by atoms with Crippen LogP contribution in [0.15, 0.2) is 55.1 Å². The summed E-state index contributed by atoms with van der Waals surface area (Å²) in [7, 11) is 0. The number of hydrogen-bond donors (Lipinski definition) is 0. The van der Waals surface area contributed by atoms with Gasteiger partial charge in [0.2, 0.25) is 0 Å². The molecule has 0 aliphatic carbocycles. The van der Waals surface area contributed by atoms with Gasteiger partial charge in [-0.2, -0.15) is 0 Å². The summed E-state index contributed by atoms with van der Waals surface area (Å²) in [5.41, 5.74) is 3.59. The van der Waals surface area contributed by atoms with Gasteiger partial charge in [-0.25, -0.2) is 0 Å². The van der Waals surface area contributed by atoms with Crippen LogP contribution in [0.4, 0.5) is 0 Å². The van der Waals surface area contributed by atoms with E-state index in [2.05, 4.69) is 12.6 Å². The monoisotopic (exact) mass is 310 g/mol. The average Bonchev–Trinajstić information content (AvgIpc) is 2.60. The van der Waals surface area contributed by atoms with Crippen LogP contribution in [0.1, 0.15) is 22.8 Å². The lowest BCUT2D eigenvalue weighted by molar-refractivity contribution is 0.106. The number of ether oxygens (including phenoxy) is 2. The summed E-state index contributed by atoms with van der Waals surface area (Å²) in [5, 5.41) is 0. The Balaban J connectivity index is 2.36. The van der Waals surface area contributed by atoms with E-state index in [1.807, 2.05) is 49.4 Å². The second kappa shape index (κ2) is 8.91. The summed E-state index contributed by atoms with van der Waals surface area (Å²) in [5.74, 6) is 0.624. The van der Waals surface area contributed by atoms with Crippen molar-refractivity contribution in [2.45, 2.75) is 13.3 Å². The zero-order chi connectivity index (χ0) is 16.5. The van der Waals surface area contributed by atoms with Crippen molar-refractivity contribution in [1.82, 2.24) is 0 Å². The average molecular weight is 310 g/mol. The maximum atomic E-state index is 11.5. The zero-order valence-corrected chi connectivity index (χ0v) is 13.5. The van der Waals surface area contributed by atoms with E-state index in [1.54, 1.807) is 0 Å². The van der Waals surface area contributed by atoms with Crippen LogP contribution in [0.3, 0.4) is 0 Å². The number of allylic oxidation sites excluding steroid dienone is 1. The van der Waals surface area contributed by atoms with E-state index < -0.39 is 0 Å². The standard InChI is InChI=1S/C20H22O3/c1-3-8-17-13-18(16-9-6-5-7-10-16)14-19(15-21)20(17)23-12-11-22-4-2/h3,5-7,9-10,13-15H,1,4,8,11-12H2,2H3. The summed E-state index contributed by atoms with van der Waals surface area (Å²) in [6, 6.07) is 13.9. The molecule has 120 valence electrons. The molecule has 0 saturated carbocycles. The minimum atomic E-state index is 0.420. The van der Waals surface area contributed by atoms with Gasteiger partial charge in [-0.05, 0) is 42.2 Å². The molecule has 0 amide bonds. The lowest BCUT2D eigenvalue weighted by atomic mass is 9.97. The van der Waals surface area contributed by atoms with Gasteiger partial charge in [0.25, 0.3) is 0 Å². The topological polar surface area (TPSA) is 35.5 Å². The smallest absolute Gasteiger partial charge is 0.153 e. The summed E-state index contributed by atoms with van der Waals surface area (Å²) < 4.78 is 11.1. The molecule has 23 heavy (non-hydrogen) atoms. The van der Waals surface area contributed by atoms with Crippen LogP contribution >= 0.6 is 0 Å². The van der Waals surface area contributed by atoms with Crippen molar-refractivity contribution in [1.29, 1.82) is 0 Å². The van der Waals surface area contributed by atoms with Crippen molar-refractivity contribution in [2.75, 3.05) is 19.8 Å². The highest BCUT2D eigenvalue weighted by Gasteiger charge is 2.12. The van der Waals surface area contributed by atoms with Crippen molar-refractivity contribution < 1.29 is 14.3 Å². The van der Waals surface area contributed by atoms with E-state index in [0.29, 0.717) is 37.6 Å². The Kier molecular flexibility index (Phi) is 6.57. The van der Waals surface area contributed by atoms with Crippen molar-refractivity contribution in [3.05, 3.63) is 66.2 Å². The van der Waals surface area contributed by atoms with Crippen LogP contribution in [0.5, 0.6) is 5.75 Å². The molecule has 0 unspecified atom stereocenters. The predicted octanol–water partition coefficient (Wildman–Crippen LogP) is 4.31. The number of rotatable bonds is 9. The van der Waals surface area contributed by atoms with Gasteiger partial charge in [-0.3, -0.25) is 4.79 Å². The molecule has 3 heteroatoms. The normalized spacial score (nSPS) is 10.3. The predicted molar refractivity (Wildman–Crippen MR) is 93.2 cm³/mol. The molecule has 0 saturated heterocycles. The Bertz CT molecular complexity index is 647. The molecular weight excluding hydrogens is 288 g/mol. The third kappa shape index (κ3) is 4.54. The Morgan fingerprint density at radius 2 is 1.87 bits per heavy atom. The molecule has 0 N–H and O–H groups in total. The lowest BCUT2D eigenvalue weighted by Crippen LogP contribution is -2.09. The van der Waals surface area contributed by atoms with Gasteiger partial charge in [0.15, 0.2) is 6.29 Å². The lowest BCUT2D eigenvalue weighted by Gasteiger charge is -2.15. The number of aldehydes is 1. The van der Waals surface area contributed by atoms with Gasteiger partial charge >= 0.3 is 0 Å². The summed E-state index contributed by atoms with van der Waals surface area (Å²) in [4.78, 5) is 11.5. The van der Waals surface area contributed by atoms with Crippen LogP contribution in [0.25, 0.3) is 11.1 Å². The van der Waals surface area contributed by atoms with E-state index in [9.17, 15) is 4.79 Å². The summed E-state index contributed by atoms with van der Waals surface area (Å²) in [6.07, 6.45) is 3.30. The first-order chi connectivity index (χ1) is 11.3. The van der Waals surface area contributed by atoms with Gasteiger partial charge in [0.1, 0.15) is 12.4 Å². The molecule has 0 aliphatic rings. The molecular formula is C20H22O3. The fourth-order valence-electron chi connectivity index (χ4n) is 2.43. The van der Waals surface area contributed by atoms with Gasteiger partial charge < -0.3 is 9.47 Å². The van der Waals surface area contributed by atoms with Crippen LogP contribution in [0.2, 0.25) is 0 Å². The summed E-state index contributed by atoms with van der Waals surface area (Å²) in [6.45, 7) is 7.31. The molecule has 0 aromatic heterocycles. The molecule has 0 heterocycles. The molecule has 2 rings (SSSR count). The first-order valence-electron chi connectivity index (χ1n) is 7.79. The van der Waals surface area contributed by atoms with E-state index in [1.165, 1.54) is 0 Å². The highest BCUT2D eigenvalue weighted by Crippen LogP contribution is 2.31. The molecule has 0 aliphatic heterocycles. The fourth-order valence-corrected chi connectivity index (χ4v) is 2.43. The first-order valence-corrected chi connectivity index (χ1v) is 7.79. The Morgan fingerprint density at radius 3 is 2.52 bits per heavy atom. The third-order valence-corrected chi connectivity index (χ3v) is 3.47. The Morgan fingerprint density at radius 1 is 1.09 bits per heavy atom. The van der Waals surface area contributed by atoms with Gasteiger partial charge in [-0.1, -0.05) is 36.4 Å². The maximum absolute atomic E-state index is 11.5. The first kappa shape index (κ1) is 17.0. The van der Waals surface area contributed by atoms with Gasteiger partial charge in [0.05, 0.1) is 12.2 Å². The van der Waals surface area contributed by atoms with Crippen molar-refractivity contribution in [2.24, 2.45) is 0 Å². The number of carbonyl (C=O) groups is 1. The minimum Gasteiger partial charge on any atom is -0.490 e. The highest BCUT2D eigenvalue weighted by atomic mass is 16.5. The number of benzene rings is 2. The van der Waals surface area contributed by atoms with E-state index in [0.717, 1.165) is 23.0 Å². The van der Waals surface area contributed by atoms with E-state index in [-0.39, 0.29) is 0 Å². The molecule has 3 nitrogen and oxygen atoms in total. The number of hydrogen-bond acceptors (Lipinski definition) is 3. The quantitative estimate of drug-likeness (QED) is 0.393. The molecule has 0 atom stereocenters. The van der Waals surface area contributed by atoms with Crippen LogP contribution < -0.4 is 4.74 Å². The van der Waals surface area contributed by atoms with Crippen LogP contribution in [-0.4, -0.2) is 26.1 Å². The minimum absolute atomic E-state index is 0.420. The largest absolute Gasteiger partial charge is 0.490 e. The molecule has 0 bridgehead atoms. The number of carbonyl (C=O) groups excluding carboxylic acids is 1. The molecule has 2 aromatic rings. The third-order valence-electron chi connectivity index (χ3n) is 3.47. The van der Waals surface area contributed by atoms with Crippen molar-refractivity contribution in [3.8, 4) is 16.9 Å². The molecule has 2 aromatic carbocycles. The second-order valence-corrected chi connectivity index (χ2v) is 5.08. The van der Waals surface area contributed by atoms with Crippen LogP contribution in [0, 0.1) is 0 Å². The van der Waals surface area contributed by atoms with Gasteiger partial charge in [0, 0.05) is 6.61 Å². The fraction of sp³-hybridized carbons (Fsp3) is 0.250. The maximum Gasteiger partial charge on any atom is 0.153 e. The SMILES string of the molecule is C=CCc1cc(-c2ccccc2)cc(C=O)c1OCCOCC. The van der Waals surface area contributed by atoms with Gasteiger partial charge in [-0.15, -0.1) is 6.58 Å². The molecule has 0 spiro atoms. The summed E-state index contributed by atoms with van der Waals surface area (Å²) >= 11 is 0. The Hall–Kier alpha value is -2.39.